The van der Waals surface area contributed by atoms with Gasteiger partial charge in [0.05, 0.1) is 11.5 Å². The zero-order valence-corrected chi connectivity index (χ0v) is 12.3. The van der Waals surface area contributed by atoms with Gasteiger partial charge in [-0.2, -0.15) is 0 Å². The summed E-state index contributed by atoms with van der Waals surface area (Å²) in [7, 11) is 0. The van der Waals surface area contributed by atoms with Crippen LogP contribution in [-0.4, -0.2) is 12.4 Å². The first-order valence-electron chi connectivity index (χ1n) is 6.77. The van der Waals surface area contributed by atoms with Crippen molar-refractivity contribution in [2.75, 3.05) is 6.61 Å². The highest BCUT2D eigenvalue weighted by molar-refractivity contribution is 7.20. The number of nitrogens with two attached hydrogens (primary N) is 1. The topological polar surface area (TPSA) is 59.1 Å². The van der Waals surface area contributed by atoms with E-state index in [1.54, 1.807) is 0 Å². The molecule has 0 unspecified atom stereocenters. The number of ether oxygens (including phenoxy) is 1. The van der Waals surface area contributed by atoms with Gasteiger partial charge >= 0.3 is 0 Å². The van der Waals surface area contributed by atoms with Crippen LogP contribution in [0.3, 0.4) is 0 Å². The molecule has 0 aliphatic rings. The summed E-state index contributed by atoms with van der Waals surface area (Å²) in [4.78, 5) is 0.798. The number of rotatable bonds is 5. The molecule has 0 radical (unpaired) electrons. The van der Waals surface area contributed by atoms with E-state index in [1.807, 2.05) is 42.5 Å². The third kappa shape index (κ3) is 3.23. The van der Waals surface area contributed by atoms with E-state index in [-0.39, 0.29) is 5.84 Å². The molecule has 0 aliphatic heterocycles. The first-order valence-corrected chi connectivity index (χ1v) is 7.59. The third-order valence-electron chi connectivity index (χ3n) is 3.26. The molecule has 4 heteroatoms. The average molecular weight is 296 g/mol. The lowest BCUT2D eigenvalue weighted by Gasteiger charge is -2.06. The fourth-order valence-electron chi connectivity index (χ4n) is 2.18. The van der Waals surface area contributed by atoms with E-state index in [4.69, 9.17) is 15.9 Å². The van der Waals surface area contributed by atoms with Crippen LogP contribution in [0.2, 0.25) is 0 Å². The Bertz CT molecular complexity index is 765. The van der Waals surface area contributed by atoms with Crippen molar-refractivity contribution in [2.24, 2.45) is 5.73 Å². The molecule has 0 fully saturated rings. The molecule has 0 bridgehead atoms. The summed E-state index contributed by atoms with van der Waals surface area (Å²) < 4.78 is 6.93. The summed E-state index contributed by atoms with van der Waals surface area (Å²) in [6.45, 7) is 0.652. The Morgan fingerprint density at radius 1 is 1.10 bits per heavy atom. The van der Waals surface area contributed by atoms with Crippen LogP contribution >= 0.6 is 11.3 Å². The number of benzene rings is 2. The van der Waals surface area contributed by atoms with Crippen molar-refractivity contribution < 1.29 is 4.74 Å². The summed E-state index contributed by atoms with van der Waals surface area (Å²) in [6.07, 6.45) is 0.890. The van der Waals surface area contributed by atoms with Crippen molar-refractivity contribution >= 4 is 27.3 Å². The van der Waals surface area contributed by atoms with Gasteiger partial charge in [-0.25, -0.2) is 0 Å². The number of nitrogen functional groups attached to an aromatic ring is 1. The average Bonchev–Trinajstić information content (AvgIpc) is 2.92. The van der Waals surface area contributed by atoms with Crippen molar-refractivity contribution in [3.05, 3.63) is 65.0 Å². The molecule has 21 heavy (non-hydrogen) atoms. The molecular formula is C17H16N2OS. The minimum absolute atomic E-state index is 0.114. The van der Waals surface area contributed by atoms with Crippen LogP contribution in [0, 0.1) is 5.41 Å². The predicted octanol–water partition coefficient (Wildman–Crippen LogP) is 3.81. The van der Waals surface area contributed by atoms with E-state index >= 15 is 0 Å². The summed E-state index contributed by atoms with van der Waals surface area (Å²) in [5, 5.41) is 8.56. The number of nitrogens with one attached hydrogen (secondary N) is 1. The zero-order valence-electron chi connectivity index (χ0n) is 11.5. The highest BCUT2D eigenvalue weighted by Gasteiger charge is 2.05. The molecule has 3 aromatic rings. The van der Waals surface area contributed by atoms with Gasteiger partial charge in [0.1, 0.15) is 11.6 Å². The first kappa shape index (κ1) is 13.6. The highest BCUT2D eigenvalue weighted by Crippen LogP contribution is 2.28. The summed E-state index contributed by atoms with van der Waals surface area (Å²) in [6, 6.07) is 18.2. The second-order valence-corrected chi connectivity index (χ2v) is 5.89. The largest absolute Gasteiger partial charge is 0.493 e. The lowest BCUT2D eigenvalue weighted by atomic mass is 10.2. The Kier molecular flexibility index (Phi) is 3.88. The summed E-state index contributed by atoms with van der Waals surface area (Å²) in [5.41, 5.74) is 6.79. The van der Waals surface area contributed by atoms with Gasteiger partial charge in [-0.3, -0.25) is 5.41 Å². The molecule has 106 valence electrons. The monoisotopic (exact) mass is 296 g/mol. The third-order valence-corrected chi connectivity index (χ3v) is 4.40. The highest BCUT2D eigenvalue weighted by atomic mass is 32.1. The van der Waals surface area contributed by atoms with Crippen LogP contribution in [-0.2, 0) is 6.42 Å². The maximum Gasteiger partial charge on any atom is 0.133 e. The summed E-state index contributed by atoms with van der Waals surface area (Å²) in [5.74, 6) is 0.967. The fourth-order valence-corrected chi connectivity index (χ4v) is 3.08. The standard InChI is InChI=1S/C17H16N2OS/c18-17(19)16-11-13-10-14(6-7-15(13)21-16)20-9-8-12-4-2-1-3-5-12/h1-7,10-11H,8-9H2,(H3,18,19). The van der Waals surface area contributed by atoms with Gasteiger partial charge in [-0.15, -0.1) is 11.3 Å². The number of hydrogen-bond acceptors (Lipinski definition) is 3. The Morgan fingerprint density at radius 2 is 1.90 bits per heavy atom. The first-order chi connectivity index (χ1) is 10.2. The molecule has 0 aliphatic carbocycles. The predicted molar refractivity (Wildman–Crippen MR) is 88.5 cm³/mol. The van der Waals surface area contributed by atoms with Gasteiger partial charge in [0.15, 0.2) is 0 Å². The molecule has 1 aromatic heterocycles. The molecular weight excluding hydrogens is 280 g/mol. The lowest BCUT2D eigenvalue weighted by Crippen LogP contribution is -2.08. The molecule has 0 saturated carbocycles. The van der Waals surface area contributed by atoms with Gasteiger partial charge in [-0.05, 0) is 35.2 Å². The van der Waals surface area contributed by atoms with E-state index in [1.165, 1.54) is 16.9 Å². The van der Waals surface area contributed by atoms with E-state index in [0.717, 1.165) is 27.1 Å². The normalized spacial score (nSPS) is 10.7. The van der Waals surface area contributed by atoms with Gasteiger partial charge < -0.3 is 10.5 Å². The van der Waals surface area contributed by atoms with Crippen molar-refractivity contribution in [3.8, 4) is 5.75 Å². The molecule has 1 heterocycles. The Balaban J connectivity index is 1.68. The van der Waals surface area contributed by atoms with Gasteiger partial charge in [-0.1, -0.05) is 30.3 Å². The van der Waals surface area contributed by atoms with Crippen LogP contribution in [0.25, 0.3) is 10.1 Å². The molecule has 3 N–H and O–H groups in total. The van der Waals surface area contributed by atoms with E-state index in [0.29, 0.717) is 6.61 Å². The molecule has 0 saturated heterocycles. The Labute approximate surface area is 127 Å². The van der Waals surface area contributed by atoms with E-state index in [9.17, 15) is 0 Å². The Morgan fingerprint density at radius 3 is 2.67 bits per heavy atom. The minimum atomic E-state index is 0.114. The van der Waals surface area contributed by atoms with Crippen molar-refractivity contribution in [3.63, 3.8) is 0 Å². The number of amidine groups is 1. The zero-order chi connectivity index (χ0) is 14.7. The molecule has 0 amide bonds. The van der Waals surface area contributed by atoms with E-state index < -0.39 is 0 Å². The molecule has 3 rings (SSSR count). The van der Waals surface area contributed by atoms with Gasteiger partial charge in [0.25, 0.3) is 0 Å². The lowest BCUT2D eigenvalue weighted by molar-refractivity contribution is 0.322. The van der Waals surface area contributed by atoms with Crippen LogP contribution in [0.1, 0.15) is 10.4 Å². The maximum absolute atomic E-state index is 7.48. The second-order valence-electron chi connectivity index (χ2n) is 4.81. The Hall–Kier alpha value is -2.33. The van der Waals surface area contributed by atoms with Crippen LogP contribution in [0.15, 0.2) is 54.6 Å². The number of fused-ring (bicyclic) bond motifs is 1. The number of thiophene rings is 1. The molecule has 0 atom stereocenters. The summed E-state index contributed by atoms with van der Waals surface area (Å²) >= 11 is 1.53. The molecule has 2 aromatic carbocycles. The molecule has 0 spiro atoms. The van der Waals surface area contributed by atoms with Crippen molar-refractivity contribution in [1.82, 2.24) is 0 Å². The van der Waals surface area contributed by atoms with Crippen molar-refractivity contribution in [1.29, 1.82) is 5.41 Å². The second kappa shape index (κ2) is 5.97. The smallest absolute Gasteiger partial charge is 0.133 e. The quantitative estimate of drug-likeness (QED) is 0.555. The van der Waals surface area contributed by atoms with E-state index in [2.05, 4.69) is 12.1 Å². The number of hydrogen-bond donors (Lipinski definition) is 2. The maximum atomic E-state index is 7.48. The molecule has 3 nitrogen and oxygen atoms in total. The SMILES string of the molecule is N=C(N)c1cc2cc(OCCc3ccccc3)ccc2s1. The van der Waals surface area contributed by atoms with Gasteiger partial charge in [0, 0.05) is 11.1 Å². The van der Waals surface area contributed by atoms with Crippen LogP contribution in [0.5, 0.6) is 5.75 Å². The minimum Gasteiger partial charge on any atom is -0.493 e. The van der Waals surface area contributed by atoms with Crippen molar-refractivity contribution in [2.45, 2.75) is 6.42 Å². The van der Waals surface area contributed by atoms with Crippen LogP contribution < -0.4 is 10.5 Å². The van der Waals surface area contributed by atoms with Crippen LogP contribution in [0.4, 0.5) is 0 Å². The van der Waals surface area contributed by atoms with Gasteiger partial charge in [0.2, 0.25) is 0 Å². The fraction of sp³-hybridized carbons (Fsp3) is 0.118.